The van der Waals surface area contributed by atoms with Gasteiger partial charge in [-0.1, -0.05) is 18.2 Å². The average Bonchev–Trinajstić information content (AvgIpc) is 2.26. The monoisotopic (exact) mass is 300 g/mol. The van der Waals surface area contributed by atoms with Crippen molar-refractivity contribution >= 4 is 35.0 Å². The third-order valence-electron chi connectivity index (χ3n) is 2.63. The molecule has 1 saturated heterocycles. The van der Waals surface area contributed by atoms with Gasteiger partial charge in [0.15, 0.2) is 0 Å². The summed E-state index contributed by atoms with van der Waals surface area (Å²) in [4.78, 5) is -0.615. The molecule has 0 aliphatic carbocycles. The second kappa shape index (κ2) is 4.56. The van der Waals surface area contributed by atoms with Gasteiger partial charge in [0.05, 0.1) is 15.1 Å². The predicted octanol–water partition coefficient (Wildman–Crippen LogP) is 4.54. The van der Waals surface area contributed by atoms with Crippen LogP contribution in [0.3, 0.4) is 0 Å². The molecule has 0 saturated carbocycles. The molecule has 1 aliphatic rings. The lowest BCUT2D eigenvalue weighted by molar-refractivity contribution is -0.137. The van der Waals surface area contributed by atoms with Crippen LogP contribution in [0.15, 0.2) is 24.3 Å². The van der Waals surface area contributed by atoms with Gasteiger partial charge in [0.2, 0.25) is 0 Å². The summed E-state index contributed by atoms with van der Waals surface area (Å²) in [6, 6.07) is 5.23. The van der Waals surface area contributed by atoms with E-state index >= 15 is 0 Å². The van der Waals surface area contributed by atoms with E-state index in [2.05, 4.69) is 0 Å². The first-order chi connectivity index (χ1) is 7.81. The molecule has 0 bridgehead atoms. The molecule has 6 heteroatoms. The third kappa shape index (κ3) is 2.85. The van der Waals surface area contributed by atoms with Crippen LogP contribution in [0.2, 0.25) is 0 Å². The summed E-state index contributed by atoms with van der Waals surface area (Å²) in [5.41, 5.74) is -0.0749. The van der Waals surface area contributed by atoms with Crippen molar-refractivity contribution in [3.63, 3.8) is 0 Å². The van der Waals surface area contributed by atoms with Crippen LogP contribution in [0.1, 0.15) is 11.1 Å². The molecule has 94 valence electrons. The number of thioether (sulfide) groups is 1. The molecule has 0 spiro atoms. The van der Waals surface area contributed by atoms with Crippen molar-refractivity contribution in [2.45, 2.75) is 22.2 Å². The first kappa shape index (κ1) is 13.4. The van der Waals surface area contributed by atoms with Gasteiger partial charge in [0.25, 0.3) is 0 Å². The zero-order chi connectivity index (χ0) is 12.7. The van der Waals surface area contributed by atoms with Crippen LogP contribution in [0.25, 0.3) is 0 Å². The van der Waals surface area contributed by atoms with Crippen molar-refractivity contribution in [1.82, 2.24) is 0 Å². The van der Waals surface area contributed by atoms with Crippen molar-refractivity contribution in [2.75, 3.05) is 5.75 Å². The highest BCUT2D eigenvalue weighted by atomic mass is 35.5. The minimum Gasteiger partial charge on any atom is -0.166 e. The minimum absolute atomic E-state index is 0.237. The standard InChI is InChI=1S/C11H9Cl2F3S/c12-9-10(13,6-17-9)5-7-2-1-3-8(4-7)11(14,15)16/h1-4,9H,5-6H2. The lowest BCUT2D eigenvalue weighted by atomic mass is 9.99. The fraction of sp³-hybridized carbons (Fsp3) is 0.455. The van der Waals surface area contributed by atoms with Gasteiger partial charge in [0.1, 0.15) is 0 Å². The van der Waals surface area contributed by atoms with Gasteiger partial charge in [-0.25, -0.2) is 0 Å². The van der Waals surface area contributed by atoms with Crippen LogP contribution in [0, 0.1) is 0 Å². The molecule has 17 heavy (non-hydrogen) atoms. The Balaban J connectivity index is 2.17. The molecule has 2 atom stereocenters. The van der Waals surface area contributed by atoms with Crippen molar-refractivity contribution in [3.8, 4) is 0 Å². The lowest BCUT2D eigenvalue weighted by Crippen LogP contribution is -2.45. The summed E-state index contributed by atoms with van der Waals surface area (Å²) in [5.74, 6) is 0.666. The van der Waals surface area contributed by atoms with Gasteiger partial charge in [-0.2, -0.15) is 13.2 Å². The minimum atomic E-state index is -4.32. The Labute approximate surface area is 111 Å². The normalized spacial score (nSPS) is 28.9. The Hall–Kier alpha value is -0.0600. The van der Waals surface area contributed by atoms with Crippen LogP contribution in [-0.4, -0.2) is 15.3 Å². The summed E-state index contributed by atoms with van der Waals surface area (Å²) in [6.07, 6.45) is -3.95. The van der Waals surface area contributed by atoms with Crippen LogP contribution in [-0.2, 0) is 12.6 Å². The summed E-state index contributed by atoms with van der Waals surface area (Å²) in [5, 5.41) is 0. The van der Waals surface area contributed by atoms with Crippen molar-refractivity contribution in [2.24, 2.45) is 0 Å². The molecule has 0 radical (unpaired) electrons. The molecule has 1 aromatic rings. The van der Waals surface area contributed by atoms with Crippen LogP contribution in [0.5, 0.6) is 0 Å². The van der Waals surface area contributed by atoms with Crippen LogP contribution >= 0.6 is 35.0 Å². The first-order valence-electron chi connectivity index (χ1n) is 4.92. The maximum atomic E-state index is 12.5. The second-order valence-corrected chi connectivity index (χ2v) is 6.58. The summed E-state index contributed by atoms with van der Waals surface area (Å²) < 4.78 is 37.3. The molecule has 0 aromatic heterocycles. The summed E-state index contributed by atoms with van der Waals surface area (Å²) in [6.45, 7) is 0. The molecule has 1 fully saturated rings. The van der Waals surface area contributed by atoms with Crippen molar-refractivity contribution in [3.05, 3.63) is 35.4 Å². The fourth-order valence-electron chi connectivity index (χ4n) is 1.66. The van der Waals surface area contributed by atoms with E-state index in [0.29, 0.717) is 17.7 Å². The maximum Gasteiger partial charge on any atom is 0.416 e. The van der Waals surface area contributed by atoms with Gasteiger partial charge in [0, 0.05) is 5.75 Å². The highest BCUT2D eigenvalue weighted by Gasteiger charge is 2.45. The molecule has 1 aromatic carbocycles. The maximum absolute atomic E-state index is 12.5. The number of hydrogen-bond acceptors (Lipinski definition) is 1. The highest BCUT2D eigenvalue weighted by Crippen LogP contribution is 2.48. The van der Waals surface area contributed by atoms with E-state index < -0.39 is 16.6 Å². The summed E-state index contributed by atoms with van der Waals surface area (Å²) in [7, 11) is 0. The Morgan fingerprint density at radius 3 is 2.59 bits per heavy atom. The number of benzene rings is 1. The lowest BCUT2D eigenvalue weighted by Gasteiger charge is -2.40. The number of halogens is 5. The molecule has 2 rings (SSSR count). The number of rotatable bonds is 2. The number of alkyl halides is 5. The van der Waals surface area contributed by atoms with Gasteiger partial charge in [-0.15, -0.1) is 35.0 Å². The largest absolute Gasteiger partial charge is 0.416 e. The molecule has 0 nitrogen and oxygen atoms in total. The van der Waals surface area contributed by atoms with E-state index in [-0.39, 0.29) is 4.71 Å². The molecule has 1 aliphatic heterocycles. The van der Waals surface area contributed by atoms with Gasteiger partial charge in [-0.3, -0.25) is 0 Å². The average molecular weight is 301 g/mol. The van der Waals surface area contributed by atoms with Crippen LogP contribution < -0.4 is 0 Å². The molecule has 2 unspecified atom stereocenters. The Morgan fingerprint density at radius 2 is 2.12 bits per heavy atom. The molecular weight excluding hydrogens is 292 g/mol. The zero-order valence-corrected chi connectivity index (χ0v) is 10.9. The van der Waals surface area contributed by atoms with E-state index in [9.17, 15) is 13.2 Å². The fourth-order valence-corrected chi connectivity index (χ4v) is 3.48. The van der Waals surface area contributed by atoms with E-state index in [1.807, 2.05) is 0 Å². The van der Waals surface area contributed by atoms with Crippen LogP contribution in [0.4, 0.5) is 13.2 Å². The summed E-state index contributed by atoms with van der Waals surface area (Å²) >= 11 is 13.7. The molecular formula is C11H9Cl2F3S. The number of hydrogen-bond donors (Lipinski definition) is 0. The quantitative estimate of drug-likeness (QED) is 0.723. The van der Waals surface area contributed by atoms with Gasteiger partial charge in [-0.05, 0) is 18.1 Å². The van der Waals surface area contributed by atoms with E-state index in [4.69, 9.17) is 23.2 Å². The Bertz CT molecular complexity index is 421. The zero-order valence-electron chi connectivity index (χ0n) is 8.60. The third-order valence-corrected chi connectivity index (χ3v) is 5.74. The van der Waals surface area contributed by atoms with Gasteiger partial charge >= 0.3 is 6.18 Å². The van der Waals surface area contributed by atoms with E-state index in [0.717, 1.165) is 12.1 Å². The van der Waals surface area contributed by atoms with E-state index in [1.165, 1.54) is 17.8 Å². The Morgan fingerprint density at radius 1 is 1.41 bits per heavy atom. The smallest absolute Gasteiger partial charge is 0.166 e. The SMILES string of the molecule is FC(F)(F)c1cccc(CC2(Cl)CSC2Cl)c1. The Kier molecular flexibility index (Phi) is 3.59. The van der Waals surface area contributed by atoms with Gasteiger partial charge < -0.3 is 0 Å². The first-order valence-corrected chi connectivity index (χ1v) is 6.78. The molecule has 0 N–H and O–H groups in total. The predicted molar refractivity (Wildman–Crippen MR) is 65.8 cm³/mol. The second-order valence-electron chi connectivity index (χ2n) is 4.04. The van der Waals surface area contributed by atoms with Crippen molar-refractivity contribution in [1.29, 1.82) is 0 Å². The molecule has 1 heterocycles. The topological polar surface area (TPSA) is 0 Å². The van der Waals surface area contributed by atoms with E-state index in [1.54, 1.807) is 6.07 Å². The molecule has 0 amide bonds. The highest BCUT2D eigenvalue weighted by molar-refractivity contribution is 8.03. The van der Waals surface area contributed by atoms with Crippen molar-refractivity contribution < 1.29 is 13.2 Å².